The van der Waals surface area contributed by atoms with E-state index in [-0.39, 0.29) is 29.4 Å². The van der Waals surface area contributed by atoms with Crippen LogP contribution < -0.4 is 0 Å². The van der Waals surface area contributed by atoms with Crippen molar-refractivity contribution in [2.45, 2.75) is 26.3 Å². The molecule has 1 heterocycles. The second kappa shape index (κ2) is 6.51. The minimum absolute atomic E-state index is 0.0369. The Morgan fingerprint density at radius 2 is 2.24 bits per heavy atom. The van der Waals surface area contributed by atoms with Gasteiger partial charge in [0.25, 0.3) is 5.91 Å². The van der Waals surface area contributed by atoms with Crippen LogP contribution in [0.2, 0.25) is 5.15 Å². The van der Waals surface area contributed by atoms with Gasteiger partial charge in [-0.25, -0.2) is 4.98 Å². The summed E-state index contributed by atoms with van der Waals surface area (Å²) in [5, 5.41) is 9.00. The molecule has 0 fully saturated rings. The van der Waals surface area contributed by atoms with Crippen molar-refractivity contribution in [3.05, 3.63) is 23.2 Å². The molecule has 0 unspecified atom stereocenters. The Bertz CT molecular complexity index is 385. The summed E-state index contributed by atoms with van der Waals surface area (Å²) >= 11 is 5.69. The molecule has 0 aliphatic carbocycles. The van der Waals surface area contributed by atoms with E-state index in [0.29, 0.717) is 13.0 Å². The SMILES string of the molecule is CC(C)N(CCCO)C(=O)c1cncc(Cl)n1. The van der Waals surface area contributed by atoms with Crippen LogP contribution in [0, 0.1) is 0 Å². The van der Waals surface area contributed by atoms with Gasteiger partial charge in [0.2, 0.25) is 0 Å². The highest BCUT2D eigenvalue weighted by atomic mass is 35.5. The lowest BCUT2D eigenvalue weighted by atomic mass is 10.2. The lowest BCUT2D eigenvalue weighted by Crippen LogP contribution is -2.38. The summed E-state index contributed by atoms with van der Waals surface area (Å²) < 4.78 is 0. The first-order valence-electron chi connectivity index (χ1n) is 5.45. The van der Waals surface area contributed by atoms with Crippen molar-refractivity contribution in [1.29, 1.82) is 0 Å². The van der Waals surface area contributed by atoms with Gasteiger partial charge < -0.3 is 10.0 Å². The molecule has 1 amide bonds. The lowest BCUT2D eigenvalue weighted by molar-refractivity contribution is 0.0686. The van der Waals surface area contributed by atoms with E-state index in [4.69, 9.17) is 16.7 Å². The molecule has 0 atom stereocenters. The van der Waals surface area contributed by atoms with Crippen LogP contribution >= 0.6 is 11.6 Å². The summed E-state index contributed by atoms with van der Waals surface area (Å²) in [5.41, 5.74) is 0.226. The zero-order valence-electron chi connectivity index (χ0n) is 9.93. The van der Waals surface area contributed by atoms with Crippen LogP contribution in [0.25, 0.3) is 0 Å². The van der Waals surface area contributed by atoms with Gasteiger partial charge in [-0.2, -0.15) is 0 Å². The summed E-state index contributed by atoms with van der Waals surface area (Å²) in [5.74, 6) is -0.219. The Kier molecular flexibility index (Phi) is 5.31. The van der Waals surface area contributed by atoms with E-state index in [1.165, 1.54) is 12.4 Å². The van der Waals surface area contributed by atoms with Crippen molar-refractivity contribution in [3.8, 4) is 0 Å². The maximum atomic E-state index is 12.1. The number of carbonyl (C=O) groups is 1. The Morgan fingerprint density at radius 3 is 2.76 bits per heavy atom. The molecule has 0 aliphatic heterocycles. The monoisotopic (exact) mass is 257 g/mol. The number of hydrogen-bond acceptors (Lipinski definition) is 4. The quantitative estimate of drug-likeness (QED) is 0.865. The molecule has 6 heteroatoms. The standard InChI is InChI=1S/C11H16ClN3O2/c1-8(2)15(4-3-5-16)11(17)9-6-13-7-10(12)14-9/h6-8,16H,3-5H2,1-2H3. The van der Waals surface area contributed by atoms with E-state index in [1.807, 2.05) is 13.8 Å². The fourth-order valence-corrected chi connectivity index (χ4v) is 1.58. The van der Waals surface area contributed by atoms with Gasteiger partial charge in [0.15, 0.2) is 0 Å². The second-order valence-electron chi connectivity index (χ2n) is 3.90. The first-order valence-corrected chi connectivity index (χ1v) is 5.83. The first-order chi connectivity index (χ1) is 8.06. The van der Waals surface area contributed by atoms with Crippen LogP contribution in [0.15, 0.2) is 12.4 Å². The summed E-state index contributed by atoms with van der Waals surface area (Å²) in [6, 6.07) is 0.0369. The smallest absolute Gasteiger partial charge is 0.274 e. The van der Waals surface area contributed by atoms with Crippen LogP contribution in [-0.4, -0.2) is 45.1 Å². The van der Waals surface area contributed by atoms with Crippen molar-refractivity contribution in [2.75, 3.05) is 13.2 Å². The van der Waals surface area contributed by atoms with Crippen LogP contribution in [-0.2, 0) is 0 Å². The number of nitrogens with zero attached hydrogens (tertiary/aromatic N) is 3. The van der Waals surface area contributed by atoms with E-state index >= 15 is 0 Å². The molecule has 0 saturated heterocycles. The molecular weight excluding hydrogens is 242 g/mol. The Labute approximate surface area is 105 Å². The zero-order valence-corrected chi connectivity index (χ0v) is 10.7. The molecule has 0 spiro atoms. The van der Waals surface area contributed by atoms with E-state index in [0.717, 1.165) is 0 Å². The van der Waals surface area contributed by atoms with E-state index in [9.17, 15) is 4.79 Å². The van der Waals surface area contributed by atoms with Crippen LogP contribution in [0.3, 0.4) is 0 Å². The number of halogens is 1. The molecule has 5 nitrogen and oxygen atoms in total. The van der Waals surface area contributed by atoms with Crippen molar-refractivity contribution in [2.24, 2.45) is 0 Å². The maximum absolute atomic E-state index is 12.1. The van der Waals surface area contributed by atoms with Gasteiger partial charge in [0.1, 0.15) is 10.8 Å². The van der Waals surface area contributed by atoms with E-state index in [1.54, 1.807) is 4.90 Å². The predicted octanol–water partition coefficient (Wildman–Crippen LogP) is 1.36. The molecule has 0 bridgehead atoms. The van der Waals surface area contributed by atoms with Gasteiger partial charge in [-0.1, -0.05) is 11.6 Å². The van der Waals surface area contributed by atoms with Crippen LogP contribution in [0.4, 0.5) is 0 Å². The van der Waals surface area contributed by atoms with Gasteiger partial charge in [0.05, 0.1) is 12.4 Å². The molecule has 0 saturated carbocycles. The Balaban J connectivity index is 2.84. The number of aromatic nitrogens is 2. The minimum Gasteiger partial charge on any atom is -0.396 e. The fourth-order valence-electron chi connectivity index (χ4n) is 1.43. The average molecular weight is 258 g/mol. The number of aliphatic hydroxyl groups excluding tert-OH is 1. The Morgan fingerprint density at radius 1 is 1.53 bits per heavy atom. The van der Waals surface area contributed by atoms with Crippen molar-refractivity contribution < 1.29 is 9.90 Å². The van der Waals surface area contributed by atoms with E-state index < -0.39 is 0 Å². The van der Waals surface area contributed by atoms with Gasteiger partial charge in [-0.15, -0.1) is 0 Å². The summed E-state index contributed by atoms with van der Waals surface area (Å²) in [4.78, 5) is 21.5. The highest BCUT2D eigenvalue weighted by Gasteiger charge is 2.19. The first kappa shape index (κ1) is 13.9. The van der Waals surface area contributed by atoms with Crippen LogP contribution in [0.5, 0.6) is 0 Å². The van der Waals surface area contributed by atoms with Gasteiger partial charge in [-0.05, 0) is 20.3 Å². The molecule has 17 heavy (non-hydrogen) atoms. The average Bonchev–Trinajstić information content (AvgIpc) is 2.29. The Hall–Kier alpha value is -1.20. The molecule has 1 rings (SSSR count). The number of hydrogen-bond donors (Lipinski definition) is 1. The molecule has 0 aromatic carbocycles. The summed E-state index contributed by atoms with van der Waals surface area (Å²) in [6.45, 7) is 4.36. The van der Waals surface area contributed by atoms with Crippen molar-refractivity contribution in [1.82, 2.24) is 14.9 Å². The number of aliphatic hydroxyl groups is 1. The highest BCUT2D eigenvalue weighted by molar-refractivity contribution is 6.29. The summed E-state index contributed by atoms with van der Waals surface area (Å²) in [6.07, 6.45) is 3.31. The van der Waals surface area contributed by atoms with Gasteiger partial charge >= 0.3 is 0 Å². The predicted molar refractivity (Wildman–Crippen MR) is 64.9 cm³/mol. The highest BCUT2D eigenvalue weighted by Crippen LogP contribution is 2.09. The lowest BCUT2D eigenvalue weighted by Gasteiger charge is -2.26. The molecule has 1 aromatic rings. The largest absolute Gasteiger partial charge is 0.396 e. The van der Waals surface area contributed by atoms with Gasteiger partial charge in [-0.3, -0.25) is 9.78 Å². The van der Waals surface area contributed by atoms with E-state index in [2.05, 4.69) is 9.97 Å². The third-order valence-electron chi connectivity index (χ3n) is 2.27. The molecule has 1 N–H and O–H groups in total. The topological polar surface area (TPSA) is 66.3 Å². The minimum atomic E-state index is -0.219. The molecule has 94 valence electrons. The third-order valence-corrected chi connectivity index (χ3v) is 2.45. The molecule has 1 aromatic heterocycles. The summed E-state index contributed by atoms with van der Waals surface area (Å²) in [7, 11) is 0. The number of amides is 1. The van der Waals surface area contributed by atoms with Gasteiger partial charge in [0, 0.05) is 19.2 Å². The molecule has 0 radical (unpaired) electrons. The second-order valence-corrected chi connectivity index (χ2v) is 4.28. The van der Waals surface area contributed by atoms with Crippen molar-refractivity contribution >= 4 is 17.5 Å². The molecule has 0 aliphatic rings. The fraction of sp³-hybridized carbons (Fsp3) is 0.545. The normalized spacial score (nSPS) is 10.6. The van der Waals surface area contributed by atoms with Crippen LogP contribution in [0.1, 0.15) is 30.8 Å². The number of rotatable bonds is 5. The maximum Gasteiger partial charge on any atom is 0.274 e. The molecular formula is C11H16ClN3O2. The number of carbonyl (C=O) groups excluding carboxylic acids is 1. The zero-order chi connectivity index (χ0) is 12.8. The third kappa shape index (κ3) is 3.94. The van der Waals surface area contributed by atoms with Crippen molar-refractivity contribution in [3.63, 3.8) is 0 Å².